The third-order valence-corrected chi connectivity index (χ3v) is 3.43. The smallest absolute Gasteiger partial charge is 0.321 e. The number of aliphatic carboxylic acids is 1. The van der Waals surface area contributed by atoms with Gasteiger partial charge >= 0.3 is 5.97 Å². The Hall–Kier alpha value is -0.880. The van der Waals surface area contributed by atoms with Gasteiger partial charge in [0.1, 0.15) is 6.04 Å². The van der Waals surface area contributed by atoms with Crippen molar-refractivity contribution in [3.05, 3.63) is 0 Å². The van der Waals surface area contributed by atoms with E-state index < -0.39 is 27.7 Å². The molecule has 1 fully saturated rings. The van der Waals surface area contributed by atoms with Gasteiger partial charge in [-0.3, -0.25) is 10.1 Å². The quantitative estimate of drug-likeness (QED) is 0.543. The van der Waals surface area contributed by atoms with Gasteiger partial charge in [0.2, 0.25) is 10.3 Å². The Morgan fingerprint density at radius 3 is 2.38 bits per heavy atom. The van der Waals surface area contributed by atoms with Crippen molar-refractivity contribution in [3.63, 3.8) is 0 Å². The number of hydrogen-bond donors (Lipinski definition) is 2. The fourth-order valence-corrected chi connectivity index (χ4v) is 2.26. The highest BCUT2D eigenvalue weighted by atomic mass is 32.2. The molecule has 1 aliphatic rings. The minimum Gasteiger partial charge on any atom is -0.480 e. The SMILES string of the molecule is CC1(C)C(=S(=O)=O)CN[C@@H]1C(=O)O. The van der Waals surface area contributed by atoms with Crippen molar-refractivity contribution in [3.8, 4) is 0 Å². The number of hydrogen-bond acceptors (Lipinski definition) is 4. The largest absolute Gasteiger partial charge is 0.480 e. The molecule has 0 bridgehead atoms. The van der Waals surface area contributed by atoms with Crippen LogP contribution in [0.15, 0.2) is 0 Å². The Kier molecular flexibility index (Phi) is 2.44. The van der Waals surface area contributed by atoms with Crippen LogP contribution in [0.4, 0.5) is 0 Å². The molecule has 0 unspecified atom stereocenters. The van der Waals surface area contributed by atoms with Gasteiger partial charge < -0.3 is 5.11 Å². The van der Waals surface area contributed by atoms with E-state index in [4.69, 9.17) is 5.11 Å². The molecule has 0 saturated carbocycles. The van der Waals surface area contributed by atoms with Gasteiger partial charge in [-0.25, -0.2) is 0 Å². The van der Waals surface area contributed by atoms with E-state index in [0.717, 1.165) is 0 Å². The number of rotatable bonds is 1. The lowest BCUT2D eigenvalue weighted by Crippen LogP contribution is -2.41. The highest BCUT2D eigenvalue weighted by Gasteiger charge is 2.45. The number of carboxylic acid groups (broad SMARTS) is 1. The summed E-state index contributed by atoms with van der Waals surface area (Å²) >= 11 is 0. The normalized spacial score (nSPS) is 26.0. The summed E-state index contributed by atoms with van der Waals surface area (Å²) in [6, 6.07) is -0.819. The first-order valence-corrected chi connectivity index (χ1v) is 4.86. The van der Waals surface area contributed by atoms with E-state index in [2.05, 4.69) is 5.32 Å². The van der Waals surface area contributed by atoms with Crippen LogP contribution < -0.4 is 5.32 Å². The first-order chi connectivity index (χ1) is 5.87. The van der Waals surface area contributed by atoms with E-state index in [1.54, 1.807) is 13.8 Å². The van der Waals surface area contributed by atoms with Gasteiger partial charge in [0.25, 0.3) is 0 Å². The first-order valence-electron chi connectivity index (χ1n) is 3.79. The standard InChI is InChI=1S/C7H11NO4S/c1-7(2)4(13(11)12)3-8-5(7)6(9)10/h5,8H,3H2,1-2H3,(H,9,10)/t5-/m1/s1. The minimum atomic E-state index is -2.31. The van der Waals surface area contributed by atoms with Crippen LogP contribution in [0.3, 0.4) is 0 Å². The monoisotopic (exact) mass is 205 g/mol. The van der Waals surface area contributed by atoms with Crippen molar-refractivity contribution in [1.82, 2.24) is 5.32 Å². The second kappa shape index (κ2) is 3.12. The summed E-state index contributed by atoms with van der Waals surface area (Å²) in [4.78, 5) is 10.9. The molecular weight excluding hydrogens is 194 g/mol. The summed E-state index contributed by atoms with van der Waals surface area (Å²) in [5.41, 5.74) is -0.835. The van der Waals surface area contributed by atoms with Gasteiger partial charge in [-0.2, -0.15) is 8.42 Å². The molecule has 6 heteroatoms. The van der Waals surface area contributed by atoms with E-state index in [0.29, 0.717) is 0 Å². The Balaban J connectivity index is 3.18. The van der Waals surface area contributed by atoms with Crippen molar-refractivity contribution in [2.24, 2.45) is 5.41 Å². The molecule has 0 spiro atoms. The topological polar surface area (TPSA) is 83.5 Å². The molecule has 5 nitrogen and oxygen atoms in total. The maximum absolute atomic E-state index is 10.7. The van der Waals surface area contributed by atoms with E-state index in [9.17, 15) is 13.2 Å². The molecule has 0 aliphatic carbocycles. The summed E-state index contributed by atoms with van der Waals surface area (Å²) in [5, 5.41) is 11.4. The predicted molar refractivity (Wildman–Crippen MR) is 47.1 cm³/mol. The highest BCUT2D eigenvalue weighted by Crippen LogP contribution is 2.27. The highest BCUT2D eigenvalue weighted by molar-refractivity contribution is 7.73. The Morgan fingerprint density at radius 1 is 1.62 bits per heavy atom. The summed E-state index contributed by atoms with van der Waals surface area (Å²) in [6.45, 7) is 3.34. The maximum atomic E-state index is 10.7. The molecule has 1 atom stereocenters. The van der Waals surface area contributed by atoms with E-state index >= 15 is 0 Å². The van der Waals surface area contributed by atoms with Gasteiger partial charge in [-0.15, -0.1) is 0 Å². The second-order valence-electron chi connectivity index (χ2n) is 3.53. The van der Waals surface area contributed by atoms with Crippen LogP contribution in [0.5, 0.6) is 0 Å². The van der Waals surface area contributed by atoms with Crippen molar-refractivity contribution >= 4 is 21.1 Å². The second-order valence-corrected chi connectivity index (χ2v) is 4.49. The zero-order chi connectivity index (χ0) is 10.2. The summed E-state index contributed by atoms with van der Waals surface area (Å²) in [6.07, 6.45) is 0. The van der Waals surface area contributed by atoms with E-state index in [1.165, 1.54) is 0 Å². The molecule has 0 aromatic heterocycles. The molecular formula is C7H11NO4S. The van der Waals surface area contributed by atoms with Gasteiger partial charge in [0.05, 0.1) is 4.86 Å². The first kappa shape index (κ1) is 10.2. The summed E-state index contributed by atoms with van der Waals surface area (Å²) < 4.78 is 21.4. The molecule has 0 aromatic carbocycles. The summed E-state index contributed by atoms with van der Waals surface area (Å²) in [5.74, 6) is -1.02. The molecule has 2 N–H and O–H groups in total. The molecule has 0 radical (unpaired) electrons. The minimum absolute atomic E-state index is 0.125. The van der Waals surface area contributed by atoms with Crippen molar-refractivity contribution in [1.29, 1.82) is 0 Å². The fourth-order valence-electron chi connectivity index (χ4n) is 1.51. The predicted octanol–water partition coefficient (Wildman–Crippen LogP) is -0.879. The van der Waals surface area contributed by atoms with Crippen LogP contribution in [0.25, 0.3) is 0 Å². The van der Waals surface area contributed by atoms with Gasteiger partial charge in [0.15, 0.2) is 0 Å². The van der Waals surface area contributed by atoms with Gasteiger partial charge in [-0.05, 0) is 0 Å². The van der Waals surface area contributed by atoms with E-state index in [-0.39, 0.29) is 11.4 Å². The summed E-state index contributed by atoms with van der Waals surface area (Å²) in [7, 11) is -2.31. The van der Waals surface area contributed by atoms with Gasteiger partial charge in [0, 0.05) is 12.0 Å². The molecule has 1 rings (SSSR count). The molecule has 1 aliphatic heterocycles. The molecule has 0 aromatic rings. The van der Waals surface area contributed by atoms with Crippen LogP contribution in [0.2, 0.25) is 0 Å². The van der Waals surface area contributed by atoms with Crippen molar-refractivity contribution in [2.75, 3.05) is 6.54 Å². The van der Waals surface area contributed by atoms with Gasteiger partial charge in [-0.1, -0.05) is 13.8 Å². The third-order valence-electron chi connectivity index (χ3n) is 2.36. The number of carboxylic acids is 1. The zero-order valence-corrected chi connectivity index (χ0v) is 8.18. The van der Waals surface area contributed by atoms with Crippen molar-refractivity contribution in [2.45, 2.75) is 19.9 Å². The molecule has 1 heterocycles. The Labute approximate surface area is 77.3 Å². The lowest BCUT2D eigenvalue weighted by atomic mass is 9.85. The molecule has 1 saturated heterocycles. The Morgan fingerprint density at radius 2 is 2.15 bits per heavy atom. The van der Waals surface area contributed by atoms with Crippen LogP contribution in [0, 0.1) is 5.41 Å². The number of nitrogens with one attached hydrogen (secondary N) is 1. The average molecular weight is 205 g/mol. The Bertz CT molecular complexity index is 360. The maximum Gasteiger partial charge on any atom is 0.321 e. The lowest BCUT2D eigenvalue weighted by molar-refractivity contribution is -0.140. The number of carbonyl (C=O) groups is 1. The average Bonchev–Trinajstić information content (AvgIpc) is 2.24. The van der Waals surface area contributed by atoms with Crippen molar-refractivity contribution < 1.29 is 18.3 Å². The fraction of sp³-hybridized carbons (Fsp3) is 0.714. The van der Waals surface area contributed by atoms with E-state index in [1.807, 2.05) is 0 Å². The van der Waals surface area contributed by atoms with Crippen LogP contribution in [0.1, 0.15) is 13.8 Å². The molecule has 13 heavy (non-hydrogen) atoms. The molecule has 0 amide bonds. The zero-order valence-electron chi connectivity index (χ0n) is 7.36. The van der Waals surface area contributed by atoms with Crippen LogP contribution in [-0.2, 0) is 15.1 Å². The van der Waals surface area contributed by atoms with Crippen LogP contribution >= 0.6 is 0 Å². The molecule has 74 valence electrons. The third kappa shape index (κ3) is 1.59. The lowest BCUT2D eigenvalue weighted by Gasteiger charge is -2.21. The van der Waals surface area contributed by atoms with Crippen LogP contribution in [-0.4, -0.2) is 36.9 Å².